The van der Waals surface area contributed by atoms with Crippen LogP contribution in [0.3, 0.4) is 0 Å². The number of halogens is 1. The Balaban J connectivity index is 1.36. The largest absolute Gasteiger partial charge is 0.489 e. The lowest BCUT2D eigenvalue weighted by Crippen LogP contribution is -2.20. The molecule has 0 saturated carbocycles. The molecule has 0 saturated heterocycles. The number of rotatable bonds is 5. The van der Waals surface area contributed by atoms with E-state index >= 15 is 0 Å². The van der Waals surface area contributed by atoms with E-state index in [2.05, 4.69) is 32.4 Å². The van der Waals surface area contributed by atoms with Gasteiger partial charge < -0.3 is 15.0 Å². The van der Waals surface area contributed by atoms with Gasteiger partial charge in [-0.05, 0) is 72.1 Å². The van der Waals surface area contributed by atoms with E-state index in [1.165, 1.54) is 17.7 Å². The number of benzene rings is 2. The number of aromatic amines is 1. The molecular weight excluding hydrogens is 379 g/mol. The summed E-state index contributed by atoms with van der Waals surface area (Å²) in [6.07, 6.45) is 4.78. The van der Waals surface area contributed by atoms with Crippen LogP contribution >= 0.6 is 0 Å². The molecule has 5 nitrogen and oxygen atoms in total. The van der Waals surface area contributed by atoms with Gasteiger partial charge in [-0.3, -0.25) is 0 Å². The van der Waals surface area contributed by atoms with Crippen molar-refractivity contribution in [3.63, 3.8) is 0 Å². The molecule has 1 aliphatic rings. The van der Waals surface area contributed by atoms with Crippen molar-refractivity contribution in [2.24, 2.45) is 0 Å². The summed E-state index contributed by atoms with van der Waals surface area (Å²) in [5.74, 6) is 0.519. The molecule has 0 radical (unpaired) electrons. The number of fused-ring (bicyclic) bond motifs is 1. The molecule has 0 unspecified atom stereocenters. The van der Waals surface area contributed by atoms with Crippen molar-refractivity contribution in [2.75, 3.05) is 13.1 Å². The Bertz CT molecular complexity index is 1200. The molecule has 0 bridgehead atoms. The fourth-order valence-corrected chi connectivity index (χ4v) is 3.67. The molecule has 2 aromatic carbocycles. The summed E-state index contributed by atoms with van der Waals surface area (Å²) in [6.45, 7) is 2.24. The molecule has 0 spiro atoms. The van der Waals surface area contributed by atoms with Crippen LogP contribution in [-0.2, 0) is 6.61 Å². The van der Waals surface area contributed by atoms with E-state index in [0.717, 1.165) is 58.8 Å². The van der Waals surface area contributed by atoms with Crippen LogP contribution in [0, 0.1) is 5.82 Å². The fourth-order valence-electron chi connectivity index (χ4n) is 3.67. The van der Waals surface area contributed by atoms with E-state index in [-0.39, 0.29) is 5.82 Å². The van der Waals surface area contributed by atoms with Crippen LogP contribution in [0.5, 0.6) is 5.75 Å². The lowest BCUT2D eigenvalue weighted by Gasteiger charge is -2.13. The average molecular weight is 400 g/mol. The lowest BCUT2D eigenvalue weighted by atomic mass is 10.0. The highest BCUT2D eigenvalue weighted by Gasteiger charge is 2.14. The molecule has 5 rings (SSSR count). The summed E-state index contributed by atoms with van der Waals surface area (Å²) in [5, 5.41) is 4.38. The number of hydrogen-bond acceptors (Lipinski definition) is 4. The van der Waals surface area contributed by atoms with Crippen LogP contribution in [0.25, 0.3) is 27.9 Å². The SMILES string of the molecule is Fc1ccc(COc2ccc(-c3cc4c(C5=CCNCC5)ncnc4[nH]3)cc2)cc1. The Hall–Kier alpha value is -3.51. The second-order valence-corrected chi connectivity index (χ2v) is 7.29. The maximum absolute atomic E-state index is 13.0. The highest BCUT2D eigenvalue weighted by molar-refractivity contribution is 5.92. The monoisotopic (exact) mass is 400 g/mol. The standard InChI is InChI=1S/C24H21FN4O/c25-19-5-1-16(2-6-19)14-30-20-7-3-17(4-8-20)22-13-21-23(18-9-11-26-12-10-18)27-15-28-24(21)29-22/h1-9,13,15,26H,10-12,14H2,(H,27,28,29). The summed E-state index contributed by atoms with van der Waals surface area (Å²) < 4.78 is 18.8. The quantitative estimate of drug-likeness (QED) is 0.509. The number of hydrogen-bond donors (Lipinski definition) is 2. The molecule has 6 heteroatoms. The lowest BCUT2D eigenvalue weighted by molar-refractivity contribution is 0.306. The van der Waals surface area contributed by atoms with Gasteiger partial charge in [0.15, 0.2) is 0 Å². The first-order chi connectivity index (χ1) is 14.8. The molecule has 0 atom stereocenters. The maximum Gasteiger partial charge on any atom is 0.141 e. The van der Waals surface area contributed by atoms with E-state index in [0.29, 0.717) is 6.61 Å². The second kappa shape index (κ2) is 8.08. The first kappa shape index (κ1) is 18.5. The molecule has 2 N–H and O–H groups in total. The van der Waals surface area contributed by atoms with E-state index in [1.54, 1.807) is 18.5 Å². The Morgan fingerprint density at radius 3 is 2.60 bits per heavy atom. The number of aromatic nitrogens is 3. The smallest absolute Gasteiger partial charge is 0.141 e. The normalized spacial score (nSPS) is 14.0. The molecule has 0 fully saturated rings. The molecule has 0 aliphatic carbocycles. The number of nitrogens with zero attached hydrogens (tertiary/aromatic N) is 2. The summed E-state index contributed by atoms with van der Waals surface area (Å²) in [5.41, 5.74) is 6.07. The summed E-state index contributed by atoms with van der Waals surface area (Å²) >= 11 is 0. The van der Waals surface area contributed by atoms with Crippen molar-refractivity contribution in [1.29, 1.82) is 0 Å². The predicted molar refractivity (Wildman–Crippen MR) is 116 cm³/mol. The molecule has 4 aromatic rings. The highest BCUT2D eigenvalue weighted by atomic mass is 19.1. The zero-order valence-corrected chi connectivity index (χ0v) is 16.4. The van der Waals surface area contributed by atoms with Gasteiger partial charge in [0.05, 0.1) is 5.69 Å². The van der Waals surface area contributed by atoms with E-state index < -0.39 is 0 Å². The van der Waals surface area contributed by atoms with Crippen molar-refractivity contribution in [2.45, 2.75) is 13.0 Å². The predicted octanol–water partition coefficient (Wildman–Crippen LogP) is 4.72. The molecular formula is C24H21FN4O. The number of H-pyrrole nitrogens is 1. The van der Waals surface area contributed by atoms with Gasteiger partial charge in [-0.2, -0.15) is 0 Å². The second-order valence-electron chi connectivity index (χ2n) is 7.29. The Kier molecular flexibility index (Phi) is 4.99. The maximum atomic E-state index is 13.0. The molecule has 2 aromatic heterocycles. The fraction of sp³-hybridized carbons (Fsp3) is 0.167. The van der Waals surface area contributed by atoms with E-state index in [1.807, 2.05) is 24.3 Å². The van der Waals surface area contributed by atoms with E-state index in [9.17, 15) is 4.39 Å². The van der Waals surface area contributed by atoms with E-state index in [4.69, 9.17) is 4.74 Å². The summed E-state index contributed by atoms with van der Waals surface area (Å²) in [7, 11) is 0. The number of ether oxygens (including phenoxy) is 1. The van der Waals surface area contributed by atoms with Gasteiger partial charge in [-0.15, -0.1) is 0 Å². The molecule has 0 amide bonds. The Labute approximate surface area is 173 Å². The zero-order valence-electron chi connectivity index (χ0n) is 16.4. The van der Waals surface area contributed by atoms with Crippen molar-refractivity contribution in [3.8, 4) is 17.0 Å². The minimum atomic E-state index is -0.245. The average Bonchev–Trinajstić information content (AvgIpc) is 3.24. The van der Waals surface area contributed by atoms with Crippen molar-refractivity contribution in [1.82, 2.24) is 20.3 Å². The van der Waals surface area contributed by atoms with Crippen molar-refractivity contribution < 1.29 is 9.13 Å². The van der Waals surface area contributed by atoms with Gasteiger partial charge in [-0.1, -0.05) is 18.2 Å². The van der Waals surface area contributed by atoms with Gasteiger partial charge in [0, 0.05) is 17.6 Å². The molecule has 1 aliphatic heterocycles. The van der Waals surface area contributed by atoms with Gasteiger partial charge in [0.1, 0.15) is 30.1 Å². The summed E-state index contributed by atoms with van der Waals surface area (Å²) in [4.78, 5) is 12.4. The third-order valence-electron chi connectivity index (χ3n) is 5.28. The van der Waals surface area contributed by atoms with Gasteiger partial charge in [-0.25, -0.2) is 14.4 Å². The van der Waals surface area contributed by atoms with Crippen LogP contribution in [-0.4, -0.2) is 28.0 Å². The van der Waals surface area contributed by atoms with Crippen LogP contribution < -0.4 is 10.1 Å². The first-order valence-corrected chi connectivity index (χ1v) is 9.98. The van der Waals surface area contributed by atoms with Crippen LogP contribution in [0.4, 0.5) is 4.39 Å². The topological polar surface area (TPSA) is 62.8 Å². The molecule has 150 valence electrons. The van der Waals surface area contributed by atoms with Gasteiger partial charge >= 0.3 is 0 Å². The minimum absolute atomic E-state index is 0.245. The Morgan fingerprint density at radius 2 is 1.83 bits per heavy atom. The molecule has 3 heterocycles. The van der Waals surface area contributed by atoms with Crippen molar-refractivity contribution >= 4 is 16.6 Å². The molecule has 30 heavy (non-hydrogen) atoms. The zero-order chi connectivity index (χ0) is 20.3. The van der Waals surface area contributed by atoms with Gasteiger partial charge in [0.2, 0.25) is 0 Å². The third-order valence-corrected chi connectivity index (χ3v) is 5.28. The van der Waals surface area contributed by atoms with Crippen LogP contribution in [0.1, 0.15) is 17.7 Å². The van der Waals surface area contributed by atoms with Crippen LogP contribution in [0.15, 0.2) is 67.0 Å². The minimum Gasteiger partial charge on any atom is -0.489 e. The third kappa shape index (κ3) is 3.82. The Morgan fingerprint density at radius 1 is 1.00 bits per heavy atom. The number of nitrogens with one attached hydrogen (secondary N) is 2. The van der Waals surface area contributed by atoms with Crippen LogP contribution in [0.2, 0.25) is 0 Å². The van der Waals surface area contributed by atoms with Crippen molar-refractivity contribution in [3.05, 3.63) is 84.1 Å². The van der Waals surface area contributed by atoms with Gasteiger partial charge in [0.25, 0.3) is 0 Å². The highest BCUT2D eigenvalue weighted by Crippen LogP contribution is 2.30. The summed E-state index contributed by atoms with van der Waals surface area (Å²) in [6, 6.07) is 16.3. The first-order valence-electron chi connectivity index (χ1n) is 9.98.